The minimum absolute atomic E-state index is 0.404. The van der Waals surface area contributed by atoms with Crippen molar-refractivity contribution in [2.45, 2.75) is 12.4 Å². The summed E-state index contributed by atoms with van der Waals surface area (Å²) in [5, 5.41) is 2.07. The van der Waals surface area contributed by atoms with Gasteiger partial charge in [-0.3, -0.25) is 0 Å². The number of aromatic nitrogens is 3. The van der Waals surface area contributed by atoms with Crippen LogP contribution in [0.1, 0.15) is 10.7 Å². The van der Waals surface area contributed by atoms with Gasteiger partial charge in [-0.05, 0) is 23.6 Å². The fraction of sp³-hybridized carbons (Fsp3) is 0.167. The monoisotopic (exact) mass is 263 g/mol. The van der Waals surface area contributed by atoms with Crippen LogP contribution >= 0.6 is 22.9 Å². The SMILES string of the molecule is ClCc1nc2cccnc2n1Cc1cccs1. The summed E-state index contributed by atoms with van der Waals surface area (Å²) >= 11 is 7.67. The zero-order valence-corrected chi connectivity index (χ0v) is 10.6. The van der Waals surface area contributed by atoms with Crippen molar-refractivity contribution in [3.63, 3.8) is 0 Å². The van der Waals surface area contributed by atoms with E-state index in [9.17, 15) is 0 Å². The summed E-state index contributed by atoms with van der Waals surface area (Å²) in [5.74, 6) is 1.27. The van der Waals surface area contributed by atoms with E-state index in [4.69, 9.17) is 11.6 Å². The highest BCUT2D eigenvalue weighted by atomic mass is 35.5. The summed E-state index contributed by atoms with van der Waals surface area (Å²) in [5.41, 5.74) is 1.80. The molecule has 0 radical (unpaired) electrons. The Bertz CT molecular complexity index is 630. The highest BCUT2D eigenvalue weighted by Gasteiger charge is 2.11. The summed E-state index contributed by atoms with van der Waals surface area (Å²) < 4.78 is 2.08. The largest absolute Gasteiger partial charge is 0.306 e. The van der Waals surface area contributed by atoms with Crippen LogP contribution in [0, 0.1) is 0 Å². The van der Waals surface area contributed by atoms with E-state index in [0.29, 0.717) is 5.88 Å². The highest BCUT2D eigenvalue weighted by molar-refractivity contribution is 7.09. The van der Waals surface area contributed by atoms with Gasteiger partial charge in [0.05, 0.1) is 12.4 Å². The van der Waals surface area contributed by atoms with Crippen LogP contribution in [0.2, 0.25) is 0 Å². The van der Waals surface area contributed by atoms with E-state index in [1.165, 1.54) is 4.88 Å². The van der Waals surface area contributed by atoms with Crippen LogP contribution in [-0.2, 0) is 12.4 Å². The van der Waals surface area contributed by atoms with E-state index in [2.05, 4.69) is 26.0 Å². The number of nitrogens with zero attached hydrogens (tertiary/aromatic N) is 3. The Hall–Kier alpha value is -1.39. The highest BCUT2D eigenvalue weighted by Crippen LogP contribution is 2.19. The molecule has 5 heteroatoms. The molecule has 0 atom stereocenters. The van der Waals surface area contributed by atoms with Crippen molar-refractivity contribution in [2.75, 3.05) is 0 Å². The molecule has 3 aromatic heterocycles. The normalized spacial score (nSPS) is 11.1. The average molecular weight is 264 g/mol. The maximum Gasteiger partial charge on any atom is 0.160 e. The summed E-state index contributed by atoms with van der Waals surface area (Å²) in [6.07, 6.45) is 1.78. The molecule has 0 saturated carbocycles. The molecule has 86 valence electrons. The Morgan fingerprint density at radius 3 is 3.00 bits per heavy atom. The molecule has 3 heterocycles. The van der Waals surface area contributed by atoms with Crippen LogP contribution in [0.4, 0.5) is 0 Å². The number of halogens is 1. The second-order valence-corrected chi connectivity index (χ2v) is 4.97. The Balaban J connectivity index is 2.12. The molecule has 0 N–H and O–H groups in total. The molecule has 0 aliphatic heterocycles. The second-order valence-electron chi connectivity index (χ2n) is 3.67. The van der Waals surface area contributed by atoms with Crippen molar-refractivity contribution in [2.24, 2.45) is 0 Å². The molecule has 0 unspecified atom stereocenters. The Kier molecular flexibility index (Phi) is 2.82. The molecular formula is C12H10ClN3S. The topological polar surface area (TPSA) is 30.7 Å². The summed E-state index contributed by atoms with van der Waals surface area (Å²) in [6.45, 7) is 0.785. The van der Waals surface area contributed by atoms with Crippen molar-refractivity contribution >= 4 is 34.1 Å². The van der Waals surface area contributed by atoms with E-state index in [1.807, 2.05) is 18.2 Å². The first-order valence-electron chi connectivity index (χ1n) is 5.27. The average Bonchev–Trinajstić information content (AvgIpc) is 2.98. The number of pyridine rings is 1. The first kappa shape index (κ1) is 10.7. The third kappa shape index (κ3) is 1.94. The van der Waals surface area contributed by atoms with E-state index < -0.39 is 0 Å². The molecule has 3 aromatic rings. The van der Waals surface area contributed by atoms with E-state index in [0.717, 1.165) is 23.5 Å². The lowest BCUT2D eigenvalue weighted by Gasteiger charge is -2.04. The molecule has 0 saturated heterocycles. The Morgan fingerprint density at radius 1 is 1.29 bits per heavy atom. The third-order valence-electron chi connectivity index (χ3n) is 2.60. The number of hydrogen-bond acceptors (Lipinski definition) is 3. The smallest absolute Gasteiger partial charge is 0.160 e. The zero-order chi connectivity index (χ0) is 11.7. The number of fused-ring (bicyclic) bond motifs is 1. The fourth-order valence-electron chi connectivity index (χ4n) is 1.83. The van der Waals surface area contributed by atoms with Gasteiger partial charge in [0.2, 0.25) is 0 Å². The molecule has 3 nitrogen and oxygen atoms in total. The van der Waals surface area contributed by atoms with Crippen LogP contribution in [0.15, 0.2) is 35.8 Å². The Labute approximate surface area is 108 Å². The zero-order valence-electron chi connectivity index (χ0n) is 9.01. The maximum atomic E-state index is 5.94. The molecule has 0 aliphatic rings. The predicted molar refractivity (Wildman–Crippen MR) is 70.5 cm³/mol. The number of thiophene rings is 1. The second kappa shape index (κ2) is 4.47. The van der Waals surface area contributed by atoms with Crippen molar-refractivity contribution in [1.82, 2.24) is 14.5 Å². The lowest BCUT2D eigenvalue weighted by Crippen LogP contribution is -2.03. The molecule has 0 spiro atoms. The van der Waals surface area contributed by atoms with Crippen LogP contribution in [0.5, 0.6) is 0 Å². The van der Waals surface area contributed by atoms with Crippen molar-refractivity contribution in [3.05, 3.63) is 46.5 Å². The van der Waals surface area contributed by atoms with Gasteiger partial charge in [-0.25, -0.2) is 9.97 Å². The van der Waals surface area contributed by atoms with Gasteiger partial charge in [-0.15, -0.1) is 22.9 Å². The quantitative estimate of drug-likeness (QED) is 0.679. The van der Waals surface area contributed by atoms with Crippen LogP contribution < -0.4 is 0 Å². The minimum Gasteiger partial charge on any atom is -0.306 e. The standard InChI is InChI=1S/C12H10ClN3S/c13-7-11-15-10-4-1-5-14-12(10)16(11)8-9-3-2-6-17-9/h1-6H,7-8H2. The summed E-state index contributed by atoms with van der Waals surface area (Å²) in [7, 11) is 0. The lowest BCUT2D eigenvalue weighted by atomic mass is 10.4. The summed E-state index contributed by atoms with van der Waals surface area (Å²) in [6, 6.07) is 8.01. The molecule has 0 aliphatic carbocycles. The van der Waals surface area contributed by atoms with Gasteiger partial charge in [-0.1, -0.05) is 6.07 Å². The van der Waals surface area contributed by atoms with Gasteiger partial charge in [-0.2, -0.15) is 0 Å². The van der Waals surface area contributed by atoms with Gasteiger partial charge in [0.1, 0.15) is 11.3 Å². The minimum atomic E-state index is 0.404. The van der Waals surface area contributed by atoms with Gasteiger partial charge in [0, 0.05) is 11.1 Å². The van der Waals surface area contributed by atoms with Gasteiger partial charge < -0.3 is 4.57 Å². The van der Waals surface area contributed by atoms with Gasteiger partial charge in [0.15, 0.2) is 5.65 Å². The first-order chi connectivity index (χ1) is 8.38. The van der Waals surface area contributed by atoms with E-state index in [-0.39, 0.29) is 0 Å². The first-order valence-corrected chi connectivity index (χ1v) is 6.68. The lowest BCUT2D eigenvalue weighted by molar-refractivity contribution is 0.780. The fourth-order valence-corrected chi connectivity index (χ4v) is 2.73. The summed E-state index contributed by atoms with van der Waals surface area (Å²) in [4.78, 5) is 10.1. The van der Waals surface area contributed by atoms with Crippen molar-refractivity contribution in [3.8, 4) is 0 Å². The van der Waals surface area contributed by atoms with Crippen LogP contribution in [-0.4, -0.2) is 14.5 Å². The van der Waals surface area contributed by atoms with Gasteiger partial charge in [0.25, 0.3) is 0 Å². The predicted octanol–water partition coefficient (Wildman–Crippen LogP) is 3.28. The number of rotatable bonds is 3. The van der Waals surface area contributed by atoms with Crippen molar-refractivity contribution < 1.29 is 0 Å². The number of hydrogen-bond donors (Lipinski definition) is 0. The van der Waals surface area contributed by atoms with E-state index >= 15 is 0 Å². The number of imidazole rings is 1. The van der Waals surface area contributed by atoms with E-state index in [1.54, 1.807) is 17.5 Å². The third-order valence-corrected chi connectivity index (χ3v) is 3.70. The maximum absolute atomic E-state index is 5.94. The molecule has 0 amide bonds. The van der Waals surface area contributed by atoms with Crippen LogP contribution in [0.25, 0.3) is 11.2 Å². The molecule has 0 aromatic carbocycles. The Morgan fingerprint density at radius 2 is 2.24 bits per heavy atom. The molecule has 17 heavy (non-hydrogen) atoms. The van der Waals surface area contributed by atoms with Crippen LogP contribution in [0.3, 0.4) is 0 Å². The molecule has 0 bridgehead atoms. The van der Waals surface area contributed by atoms with Gasteiger partial charge >= 0.3 is 0 Å². The molecule has 0 fully saturated rings. The number of alkyl halides is 1. The van der Waals surface area contributed by atoms with Crippen molar-refractivity contribution in [1.29, 1.82) is 0 Å². The molecule has 3 rings (SSSR count). The molecular weight excluding hydrogens is 254 g/mol.